The van der Waals surface area contributed by atoms with Gasteiger partial charge in [-0.3, -0.25) is 0 Å². The first kappa shape index (κ1) is 30.9. The third-order valence-corrected chi connectivity index (χ3v) is 8.67. The molecule has 0 spiro atoms. The van der Waals surface area contributed by atoms with Crippen LogP contribution in [0.15, 0.2) is 47.4 Å². The van der Waals surface area contributed by atoms with Crippen LogP contribution in [0.3, 0.4) is 0 Å². The van der Waals surface area contributed by atoms with E-state index < -0.39 is 45.3 Å². The minimum absolute atomic E-state index is 0.000140. The lowest BCUT2D eigenvalue weighted by molar-refractivity contribution is -0.941. The Kier molecular flexibility index (Phi) is 8.95. The van der Waals surface area contributed by atoms with Gasteiger partial charge in [0.15, 0.2) is 6.04 Å². The fraction of sp³-hybridized carbons (Fsp3) is 0.500. The molecule has 4 unspecified atom stereocenters. The summed E-state index contributed by atoms with van der Waals surface area (Å²) in [6.45, 7) is 2.47. The monoisotopic (exact) mass is 611 g/mol. The van der Waals surface area contributed by atoms with E-state index in [4.69, 9.17) is 9.47 Å². The van der Waals surface area contributed by atoms with Crippen molar-refractivity contribution in [3.63, 3.8) is 0 Å². The van der Waals surface area contributed by atoms with E-state index >= 15 is 0 Å². The first-order valence-corrected chi connectivity index (χ1v) is 14.9. The molecular weight excluding hydrogens is 578 g/mol. The van der Waals surface area contributed by atoms with Crippen molar-refractivity contribution in [1.29, 1.82) is 0 Å². The molecule has 0 aliphatic carbocycles. The van der Waals surface area contributed by atoms with E-state index in [0.717, 1.165) is 25.0 Å². The second-order valence-corrected chi connectivity index (χ2v) is 11.8. The van der Waals surface area contributed by atoms with Gasteiger partial charge in [-0.1, -0.05) is 0 Å². The summed E-state index contributed by atoms with van der Waals surface area (Å²) in [7, 11) is 0. The molecule has 0 bridgehead atoms. The molecule has 2 aromatic carbocycles. The number of nitrogens with zero attached hydrogens (tertiary/aromatic N) is 4. The standard InChI is InChI=1S/C28H33F4N5O4S/c1-18(20-13-21(28(30,31)32)15-23(14-20)42-2)41-27-26(19-5-7-22(29)8-6-19)37(39,11-12-40-27)17-25-24(33-35-34-25)16-36(38)9-3-4-10-36/h5-8,13-15,18,26-27H,3-4,9-12,16-17H2,1-2H3,(H,33,34,35). The highest BCUT2D eigenvalue weighted by Crippen LogP contribution is 2.41. The fourth-order valence-electron chi connectivity index (χ4n) is 5.70. The van der Waals surface area contributed by atoms with Crippen LogP contribution in [-0.4, -0.2) is 63.5 Å². The van der Waals surface area contributed by atoms with Crippen LogP contribution in [-0.2, 0) is 28.7 Å². The minimum Gasteiger partial charge on any atom is -0.633 e. The van der Waals surface area contributed by atoms with Crippen molar-refractivity contribution >= 4 is 11.8 Å². The number of aromatic amines is 1. The number of ether oxygens (including phenoxy) is 2. The second kappa shape index (κ2) is 12.2. The molecule has 0 saturated carbocycles. The summed E-state index contributed by atoms with van der Waals surface area (Å²) < 4.78 is 65.5. The summed E-state index contributed by atoms with van der Waals surface area (Å²) in [5, 5.41) is 38.7. The number of thioether (sulfide) groups is 1. The molecule has 5 rings (SSSR count). The molecule has 2 aliphatic rings. The van der Waals surface area contributed by atoms with Crippen LogP contribution in [0.25, 0.3) is 0 Å². The highest BCUT2D eigenvalue weighted by Gasteiger charge is 2.45. The van der Waals surface area contributed by atoms with E-state index in [1.54, 1.807) is 19.2 Å². The Bertz CT molecular complexity index is 1370. The van der Waals surface area contributed by atoms with E-state index in [-0.39, 0.29) is 31.8 Å². The Morgan fingerprint density at radius 3 is 2.36 bits per heavy atom. The van der Waals surface area contributed by atoms with Crippen molar-refractivity contribution in [2.45, 2.75) is 62.4 Å². The van der Waals surface area contributed by atoms with Crippen LogP contribution >= 0.6 is 11.8 Å². The molecular formula is C28H33F4N5O4S. The number of hydroxylamine groups is 6. The number of nitrogens with one attached hydrogen (secondary N) is 1. The van der Waals surface area contributed by atoms with Crippen LogP contribution in [0.4, 0.5) is 17.6 Å². The molecule has 2 saturated heterocycles. The van der Waals surface area contributed by atoms with Crippen molar-refractivity contribution in [1.82, 2.24) is 15.4 Å². The average Bonchev–Trinajstić information content (AvgIpc) is 3.57. The normalized spacial score (nSPS) is 25.0. The number of H-pyrrole nitrogens is 1. The molecule has 2 aliphatic heterocycles. The lowest BCUT2D eigenvalue weighted by Gasteiger charge is -2.53. The SMILES string of the molecule is CSc1cc(C(C)OC2OCC[N+]([O-])(Cc3n[nH]nc3C[N+]3([O-])CCCC3)C2c2ccc(F)cc2)cc(C(F)(F)F)c1. The van der Waals surface area contributed by atoms with Gasteiger partial charge in [-0.05, 0) is 61.2 Å². The van der Waals surface area contributed by atoms with Crippen molar-refractivity contribution in [2.75, 3.05) is 32.5 Å². The lowest BCUT2D eigenvalue weighted by Crippen LogP contribution is -2.56. The predicted octanol–water partition coefficient (Wildman–Crippen LogP) is 5.98. The number of hydrogen-bond acceptors (Lipinski definition) is 7. The maximum atomic E-state index is 14.7. The summed E-state index contributed by atoms with van der Waals surface area (Å²) in [4.78, 5) is 0.416. The summed E-state index contributed by atoms with van der Waals surface area (Å²) in [6.07, 6.45) is -3.26. The maximum absolute atomic E-state index is 14.7. The molecule has 3 aromatic rings. The maximum Gasteiger partial charge on any atom is 0.416 e. The van der Waals surface area contributed by atoms with Gasteiger partial charge in [0.05, 0.1) is 31.4 Å². The molecule has 1 aromatic heterocycles. The number of quaternary nitrogens is 2. The summed E-state index contributed by atoms with van der Waals surface area (Å²) >= 11 is 1.17. The van der Waals surface area contributed by atoms with Gasteiger partial charge < -0.3 is 29.2 Å². The summed E-state index contributed by atoms with van der Waals surface area (Å²) in [5.74, 6) is -0.493. The highest BCUT2D eigenvalue weighted by molar-refractivity contribution is 7.98. The first-order chi connectivity index (χ1) is 19.9. The van der Waals surface area contributed by atoms with Gasteiger partial charge in [0.25, 0.3) is 0 Å². The zero-order chi connectivity index (χ0) is 30.1. The Labute approximate surface area is 245 Å². The molecule has 4 atom stereocenters. The molecule has 1 N–H and O–H groups in total. The molecule has 2 fully saturated rings. The molecule has 0 amide bonds. The number of alkyl halides is 3. The number of halogens is 4. The van der Waals surface area contributed by atoms with Gasteiger partial charge in [0.1, 0.15) is 36.8 Å². The third-order valence-electron chi connectivity index (χ3n) is 7.97. The van der Waals surface area contributed by atoms with E-state index in [1.165, 1.54) is 36.0 Å². The Morgan fingerprint density at radius 2 is 1.71 bits per heavy atom. The van der Waals surface area contributed by atoms with Crippen LogP contribution in [0.2, 0.25) is 0 Å². The number of benzene rings is 2. The zero-order valence-electron chi connectivity index (χ0n) is 23.3. The average molecular weight is 612 g/mol. The Morgan fingerprint density at radius 1 is 1.05 bits per heavy atom. The van der Waals surface area contributed by atoms with Crippen molar-refractivity contribution in [2.24, 2.45) is 0 Å². The van der Waals surface area contributed by atoms with E-state index in [1.807, 2.05) is 0 Å². The van der Waals surface area contributed by atoms with Crippen molar-refractivity contribution in [3.05, 3.63) is 86.8 Å². The van der Waals surface area contributed by atoms with Crippen molar-refractivity contribution in [3.8, 4) is 0 Å². The number of morpholine rings is 1. The summed E-state index contributed by atoms with van der Waals surface area (Å²) in [6, 6.07) is 8.09. The number of hydrogen-bond donors (Lipinski definition) is 1. The van der Waals surface area contributed by atoms with E-state index in [2.05, 4.69) is 15.4 Å². The fourth-order valence-corrected chi connectivity index (χ4v) is 6.20. The topological polar surface area (TPSA) is 106 Å². The highest BCUT2D eigenvalue weighted by atomic mass is 32.2. The van der Waals surface area contributed by atoms with Gasteiger partial charge in [0.2, 0.25) is 6.29 Å². The van der Waals surface area contributed by atoms with Gasteiger partial charge in [-0.25, -0.2) is 4.39 Å². The lowest BCUT2D eigenvalue weighted by atomic mass is 10.0. The van der Waals surface area contributed by atoms with Gasteiger partial charge >= 0.3 is 6.18 Å². The summed E-state index contributed by atoms with van der Waals surface area (Å²) in [5.41, 5.74) is 0.689. The quantitative estimate of drug-likeness (QED) is 0.137. The zero-order valence-corrected chi connectivity index (χ0v) is 24.1. The number of likely N-dealkylation sites (tertiary alicyclic amines) is 1. The van der Waals surface area contributed by atoms with Gasteiger partial charge in [0, 0.05) is 23.3 Å². The van der Waals surface area contributed by atoms with E-state index in [0.29, 0.717) is 34.9 Å². The molecule has 42 heavy (non-hydrogen) atoms. The predicted molar refractivity (Wildman–Crippen MR) is 146 cm³/mol. The largest absolute Gasteiger partial charge is 0.633 e. The molecule has 9 nitrogen and oxygen atoms in total. The van der Waals surface area contributed by atoms with Gasteiger partial charge in [-0.15, -0.1) is 11.8 Å². The number of aromatic nitrogens is 3. The van der Waals surface area contributed by atoms with Crippen LogP contribution in [0.5, 0.6) is 0 Å². The first-order valence-electron chi connectivity index (χ1n) is 13.7. The number of rotatable bonds is 9. The third kappa shape index (κ3) is 6.80. The molecule has 14 heteroatoms. The van der Waals surface area contributed by atoms with Crippen LogP contribution < -0.4 is 0 Å². The second-order valence-electron chi connectivity index (χ2n) is 10.9. The Hall–Kier alpha value is -2.59. The van der Waals surface area contributed by atoms with Crippen molar-refractivity contribution < 1.29 is 36.3 Å². The van der Waals surface area contributed by atoms with E-state index in [9.17, 15) is 28.0 Å². The Balaban J connectivity index is 1.45. The molecule has 0 radical (unpaired) electrons. The molecule has 3 heterocycles. The minimum atomic E-state index is -4.55. The smallest absolute Gasteiger partial charge is 0.416 e. The molecule has 228 valence electrons. The van der Waals surface area contributed by atoms with Gasteiger partial charge in [-0.2, -0.15) is 28.6 Å². The van der Waals surface area contributed by atoms with Crippen LogP contribution in [0, 0.1) is 16.2 Å². The van der Waals surface area contributed by atoms with Crippen LogP contribution in [0.1, 0.15) is 60.0 Å².